The van der Waals surface area contributed by atoms with Gasteiger partial charge in [0.05, 0.1) is 11.5 Å². The SMILES string of the molecule is CC(C)C[C@@H](C(=O)O)c1cc(OS(=O)(=O)C(F)(F)F)cc(-c2ccc(C(F)(F)F)cc2)c1. The van der Waals surface area contributed by atoms with Gasteiger partial charge in [-0.25, -0.2) is 0 Å². The van der Waals surface area contributed by atoms with E-state index >= 15 is 0 Å². The molecule has 32 heavy (non-hydrogen) atoms. The van der Waals surface area contributed by atoms with E-state index in [2.05, 4.69) is 4.18 Å². The maximum atomic E-state index is 12.8. The van der Waals surface area contributed by atoms with Crippen molar-refractivity contribution < 1.29 is 48.8 Å². The fourth-order valence-electron chi connectivity index (χ4n) is 2.91. The minimum absolute atomic E-state index is 0.0152. The van der Waals surface area contributed by atoms with Crippen molar-refractivity contribution >= 4 is 16.1 Å². The standard InChI is InChI=1S/C20H18F6O5S/c1-11(2)7-17(18(27)28)14-8-13(12-3-5-15(6-4-12)19(21,22)23)9-16(10-14)31-32(29,30)20(24,25)26/h3-6,8-11,17H,7H2,1-2H3,(H,27,28)/t17-/m1/s1. The molecule has 0 spiro atoms. The van der Waals surface area contributed by atoms with Crippen LogP contribution < -0.4 is 4.18 Å². The first kappa shape index (κ1) is 25.5. The normalized spacial score (nSPS) is 13.8. The van der Waals surface area contributed by atoms with Crippen LogP contribution in [-0.2, 0) is 21.1 Å². The summed E-state index contributed by atoms with van der Waals surface area (Å²) in [6.45, 7) is 3.42. The number of halogens is 6. The first-order valence-corrected chi connectivity index (χ1v) is 10.5. The molecule has 0 unspecified atom stereocenters. The molecule has 1 atom stereocenters. The summed E-state index contributed by atoms with van der Waals surface area (Å²) in [4.78, 5) is 11.7. The Morgan fingerprint density at radius 1 is 0.969 bits per heavy atom. The molecule has 176 valence electrons. The monoisotopic (exact) mass is 484 g/mol. The largest absolute Gasteiger partial charge is 0.534 e. The first-order valence-electron chi connectivity index (χ1n) is 9.07. The summed E-state index contributed by atoms with van der Waals surface area (Å²) in [5.74, 6) is -3.49. The summed E-state index contributed by atoms with van der Waals surface area (Å²) in [5, 5.41) is 9.55. The van der Waals surface area contributed by atoms with Crippen LogP contribution in [0.3, 0.4) is 0 Å². The van der Waals surface area contributed by atoms with Crippen molar-refractivity contribution in [3.8, 4) is 16.9 Å². The van der Waals surface area contributed by atoms with E-state index in [4.69, 9.17) is 0 Å². The van der Waals surface area contributed by atoms with Crippen molar-refractivity contribution in [3.05, 3.63) is 53.6 Å². The van der Waals surface area contributed by atoms with Crippen molar-refractivity contribution in [2.75, 3.05) is 0 Å². The third-order valence-corrected chi connectivity index (χ3v) is 5.35. The molecule has 0 aliphatic heterocycles. The van der Waals surface area contributed by atoms with Crippen LogP contribution in [0.5, 0.6) is 5.75 Å². The fourth-order valence-corrected chi connectivity index (χ4v) is 3.36. The summed E-state index contributed by atoms with van der Waals surface area (Å²) >= 11 is 0. The molecule has 2 aromatic rings. The number of hydrogen-bond donors (Lipinski definition) is 1. The molecule has 0 aliphatic rings. The number of aliphatic carboxylic acids is 1. The van der Waals surface area contributed by atoms with Gasteiger partial charge in [0, 0.05) is 0 Å². The van der Waals surface area contributed by atoms with Crippen LogP contribution in [0.4, 0.5) is 26.3 Å². The van der Waals surface area contributed by atoms with Crippen LogP contribution in [0.1, 0.15) is 37.3 Å². The Bertz CT molecular complexity index is 1070. The summed E-state index contributed by atoms with van der Waals surface area (Å²) < 4.78 is 104. The van der Waals surface area contributed by atoms with E-state index in [-0.39, 0.29) is 29.0 Å². The van der Waals surface area contributed by atoms with E-state index in [9.17, 15) is 44.7 Å². The zero-order valence-electron chi connectivity index (χ0n) is 16.7. The highest BCUT2D eigenvalue weighted by molar-refractivity contribution is 7.88. The molecule has 0 aliphatic carbocycles. The molecular weight excluding hydrogens is 466 g/mol. The van der Waals surface area contributed by atoms with Crippen molar-refractivity contribution in [3.63, 3.8) is 0 Å². The van der Waals surface area contributed by atoms with Crippen LogP contribution in [0, 0.1) is 5.92 Å². The van der Waals surface area contributed by atoms with Crippen molar-refractivity contribution in [1.29, 1.82) is 0 Å². The number of alkyl halides is 6. The van der Waals surface area contributed by atoms with Gasteiger partial charge in [-0.05, 0) is 53.3 Å². The molecule has 12 heteroatoms. The van der Waals surface area contributed by atoms with Gasteiger partial charge in [0.2, 0.25) is 0 Å². The van der Waals surface area contributed by atoms with E-state index in [0.29, 0.717) is 0 Å². The number of carboxylic acid groups (broad SMARTS) is 1. The van der Waals surface area contributed by atoms with Gasteiger partial charge >= 0.3 is 27.8 Å². The highest BCUT2D eigenvalue weighted by atomic mass is 32.2. The zero-order chi connectivity index (χ0) is 24.5. The van der Waals surface area contributed by atoms with Gasteiger partial charge in [0.1, 0.15) is 5.75 Å². The molecule has 0 fully saturated rings. The Morgan fingerprint density at radius 3 is 1.97 bits per heavy atom. The average molecular weight is 484 g/mol. The number of carbonyl (C=O) groups is 1. The van der Waals surface area contributed by atoms with Gasteiger partial charge < -0.3 is 9.29 Å². The van der Waals surface area contributed by atoms with E-state index in [1.165, 1.54) is 6.07 Å². The van der Waals surface area contributed by atoms with Crippen LogP contribution >= 0.6 is 0 Å². The summed E-state index contributed by atoms with van der Waals surface area (Å²) in [6, 6.07) is 6.53. The third-order valence-electron chi connectivity index (χ3n) is 4.37. The van der Waals surface area contributed by atoms with Gasteiger partial charge in [-0.15, -0.1) is 0 Å². The Kier molecular flexibility index (Phi) is 7.18. The molecule has 0 saturated heterocycles. The first-order chi connectivity index (χ1) is 14.5. The van der Waals surface area contributed by atoms with Gasteiger partial charge in [-0.3, -0.25) is 4.79 Å². The summed E-state index contributed by atoms with van der Waals surface area (Å²) in [7, 11) is -6.06. The average Bonchev–Trinajstić information content (AvgIpc) is 2.63. The summed E-state index contributed by atoms with van der Waals surface area (Å²) in [5.41, 5.74) is -6.70. The van der Waals surface area contributed by atoms with Gasteiger partial charge in [-0.2, -0.15) is 34.8 Å². The Labute approximate surface area is 179 Å². The fraction of sp³-hybridized carbons (Fsp3) is 0.350. The van der Waals surface area contributed by atoms with Gasteiger partial charge in [0.15, 0.2) is 0 Å². The van der Waals surface area contributed by atoms with Crippen LogP contribution in [0.15, 0.2) is 42.5 Å². The Morgan fingerprint density at radius 2 is 1.53 bits per heavy atom. The molecule has 0 amide bonds. The predicted octanol–water partition coefficient (Wildman–Crippen LogP) is 5.82. The van der Waals surface area contributed by atoms with Crippen LogP contribution in [-0.4, -0.2) is 25.0 Å². The van der Waals surface area contributed by atoms with E-state index < -0.39 is 45.0 Å². The molecule has 2 aromatic carbocycles. The Hall–Kier alpha value is -2.76. The number of benzene rings is 2. The molecule has 0 aromatic heterocycles. The molecule has 2 rings (SSSR count). The van der Waals surface area contributed by atoms with E-state index in [0.717, 1.165) is 36.4 Å². The van der Waals surface area contributed by atoms with Crippen molar-refractivity contribution in [2.24, 2.45) is 5.92 Å². The maximum absolute atomic E-state index is 12.8. The third kappa shape index (κ3) is 6.15. The maximum Gasteiger partial charge on any atom is 0.534 e. The van der Waals surface area contributed by atoms with Crippen LogP contribution in [0.25, 0.3) is 11.1 Å². The lowest BCUT2D eigenvalue weighted by atomic mass is 9.88. The van der Waals surface area contributed by atoms with Crippen molar-refractivity contribution in [1.82, 2.24) is 0 Å². The minimum Gasteiger partial charge on any atom is -0.481 e. The molecule has 0 heterocycles. The minimum atomic E-state index is -6.06. The predicted molar refractivity (Wildman–Crippen MR) is 102 cm³/mol. The molecule has 1 N–H and O–H groups in total. The lowest BCUT2D eigenvalue weighted by Crippen LogP contribution is -2.28. The summed E-state index contributed by atoms with van der Waals surface area (Å²) in [6.07, 6.45) is -4.56. The smallest absolute Gasteiger partial charge is 0.481 e. The highest BCUT2D eigenvalue weighted by Crippen LogP contribution is 2.36. The molecule has 5 nitrogen and oxygen atoms in total. The zero-order valence-corrected chi connectivity index (χ0v) is 17.5. The topological polar surface area (TPSA) is 80.7 Å². The van der Waals surface area contributed by atoms with Crippen molar-refractivity contribution in [2.45, 2.75) is 37.9 Å². The lowest BCUT2D eigenvalue weighted by Gasteiger charge is -2.18. The number of rotatable bonds is 7. The van der Waals surface area contributed by atoms with E-state index in [1.807, 2.05) is 0 Å². The Balaban J connectivity index is 2.64. The molecule has 0 radical (unpaired) electrons. The highest BCUT2D eigenvalue weighted by Gasteiger charge is 2.48. The number of hydrogen-bond acceptors (Lipinski definition) is 4. The molecule has 0 bridgehead atoms. The van der Waals surface area contributed by atoms with E-state index in [1.54, 1.807) is 13.8 Å². The number of carboxylic acids is 1. The second-order valence-corrected chi connectivity index (χ2v) is 8.91. The second kappa shape index (κ2) is 9.00. The lowest BCUT2D eigenvalue weighted by molar-refractivity contribution is -0.139. The quantitative estimate of drug-likeness (QED) is 0.305. The molecule has 0 saturated carbocycles. The van der Waals surface area contributed by atoms with Gasteiger partial charge in [0.25, 0.3) is 0 Å². The molecular formula is C20H18F6O5S. The second-order valence-electron chi connectivity index (χ2n) is 7.37. The van der Waals surface area contributed by atoms with Gasteiger partial charge in [-0.1, -0.05) is 32.0 Å². The van der Waals surface area contributed by atoms with Crippen LogP contribution in [0.2, 0.25) is 0 Å².